The highest BCUT2D eigenvalue weighted by Crippen LogP contribution is 2.44. The molecule has 2 saturated carbocycles. The number of carbonyl (C=O) groups is 1. The number of ether oxygens (including phenoxy) is 1. The van der Waals surface area contributed by atoms with Crippen LogP contribution < -0.4 is 10.5 Å². The lowest BCUT2D eigenvalue weighted by Gasteiger charge is -2.30. The molecule has 2 bridgehead atoms. The first-order valence-electron chi connectivity index (χ1n) is 14.9. The van der Waals surface area contributed by atoms with Crippen LogP contribution >= 0.6 is 0 Å². The molecule has 4 heterocycles. The number of imidazole rings is 1. The van der Waals surface area contributed by atoms with E-state index in [9.17, 15) is 4.79 Å². The van der Waals surface area contributed by atoms with Gasteiger partial charge in [-0.3, -0.25) is 9.78 Å². The van der Waals surface area contributed by atoms with E-state index < -0.39 is 5.44 Å². The van der Waals surface area contributed by atoms with Gasteiger partial charge in [-0.25, -0.2) is 4.98 Å². The van der Waals surface area contributed by atoms with Gasteiger partial charge in [-0.05, 0) is 73.9 Å². The minimum absolute atomic E-state index is 0.0775. The second-order valence-electron chi connectivity index (χ2n) is 12.3. The Morgan fingerprint density at radius 2 is 1.90 bits per heavy atom. The van der Waals surface area contributed by atoms with Crippen molar-refractivity contribution in [1.29, 1.82) is 0 Å². The lowest BCUT2D eigenvalue weighted by atomic mass is 9.71. The van der Waals surface area contributed by atoms with E-state index in [1.165, 1.54) is 23.7 Å². The summed E-state index contributed by atoms with van der Waals surface area (Å²) in [4.78, 5) is 25.6. The van der Waals surface area contributed by atoms with Crippen LogP contribution in [0.2, 0.25) is 0 Å². The van der Waals surface area contributed by atoms with E-state index in [0.717, 1.165) is 42.1 Å². The van der Waals surface area contributed by atoms with Gasteiger partial charge < -0.3 is 24.5 Å². The summed E-state index contributed by atoms with van der Waals surface area (Å²) in [6.45, 7) is 2.05. The second kappa shape index (κ2) is 9.46. The van der Waals surface area contributed by atoms with Gasteiger partial charge in [-0.15, -0.1) is 0 Å². The number of piperidine rings is 1. The van der Waals surface area contributed by atoms with Crippen LogP contribution in [-0.2, 0) is 13.1 Å². The average Bonchev–Trinajstić information content (AvgIpc) is 3.47. The molecule has 2 aromatic carbocycles. The number of methoxy groups -OCH3 is 1. The quantitative estimate of drug-likeness (QED) is 0.297. The number of nitrogens with two attached hydrogens (primary N) is 1. The standard InChI is InChI=1S/C33H33BN6O2/c1-42-28-16-22(32(41)39-18-23-11-12-29(39)33(23,34)35)14-25-30(28)40(19-24-7-4-5-13-36-24)31(37-25)27-15-21-6-2-3-8-26(21)38(27)17-20-9-10-20/h2-8,13-16,20,23,29H,9-12,17-19,35H2,1H3/t23?,29?,33-/m0/s1. The molecule has 1 saturated heterocycles. The molecular formula is C33H33BN6O2. The molecule has 9 heteroatoms. The van der Waals surface area contributed by atoms with E-state index in [4.69, 9.17) is 23.3 Å². The summed E-state index contributed by atoms with van der Waals surface area (Å²) < 4.78 is 10.6. The summed E-state index contributed by atoms with van der Waals surface area (Å²) in [5, 5.41) is 1.18. The van der Waals surface area contributed by atoms with Gasteiger partial charge in [0.15, 0.2) is 5.82 Å². The second-order valence-corrected chi connectivity index (χ2v) is 12.3. The molecule has 2 unspecified atom stereocenters. The molecule has 5 aromatic rings. The first-order valence-corrected chi connectivity index (χ1v) is 14.9. The minimum Gasteiger partial charge on any atom is -0.494 e. The smallest absolute Gasteiger partial charge is 0.254 e. The van der Waals surface area contributed by atoms with E-state index in [2.05, 4.69) is 44.5 Å². The van der Waals surface area contributed by atoms with Crippen LogP contribution in [0, 0.1) is 11.8 Å². The molecule has 210 valence electrons. The molecular weight excluding hydrogens is 523 g/mol. The molecule has 3 fully saturated rings. The summed E-state index contributed by atoms with van der Waals surface area (Å²) in [7, 11) is 8.11. The summed E-state index contributed by atoms with van der Waals surface area (Å²) in [5.74, 6) is 2.16. The fraction of sp³-hybridized carbons (Fsp3) is 0.364. The van der Waals surface area contributed by atoms with Gasteiger partial charge in [-0.2, -0.15) is 0 Å². The van der Waals surface area contributed by atoms with Crippen molar-refractivity contribution < 1.29 is 9.53 Å². The van der Waals surface area contributed by atoms with Gasteiger partial charge in [0.05, 0.1) is 38.4 Å². The maximum Gasteiger partial charge on any atom is 0.254 e. The third-order valence-electron chi connectivity index (χ3n) is 9.62. The Balaban J connectivity index is 1.31. The molecule has 8 rings (SSSR count). The predicted molar refractivity (Wildman–Crippen MR) is 164 cm³/mol. The van der Waals surface area contributed by atoms with Crippen LogP contribution in [0.5, 0.6) is 5.75 Å². The molecule has 2 radical (unpaired) electrons. The number of aromatic nitrogens is 4. The van der Waals surface area contributed by atoms with Crippen LogP contribution in [-0.4, -0.2) is 62.9 Å². The summed E-state index contributed by atoms with van der Waals surface area (Å²) >= 11 is 0. The van der Waals surface area contributed by atoms with E-state index in [0.29, 0.717) is 35.8 Å². The Morgan fingerprint density at radius 1 is 1.07 bits per heavy atom. The van der Waals surface area contributed by atoms with Crippen molar-refractivity contribution in [2.24, 2.45) is 17.6 Å². The van der Waals surface area contributed by atoms with Crippen LogP contribution in [0.4, 0.5) is 0 Å². The third-order valence-corrected chi connectivity index (χ3v) is 9.62. The molecule has 3 aromatic heterocycles. The number of carbonyl (C=O) groups excluding carboxylic acids is 1. The van der Waals surface area contributed by atoms with Crippen LogP contribution in [0.3, 0.4) is 0 Å². The predicted octanol–water partition coefficient (Wildman–Crippen LogP) is 4.58. The van der Waals surface area contributed by atoms with Crippen molar-refractivity contribution in [2.45, 2.75) is 50.3 Å². The van der Waals surface area contributed by atoms with Crippen LogP contribution in [0.15, 0.2) is 66.9 Å². The zero-order valence-corrected chi connectivity index (χ0v) is 23.7. The summed E-state index contributed by atoms with van der Waals surface area (Å²) in [6.07, 6.45) is 6.10. The molecule has 0 spiro atoms. The molecule has 1 aliphatic heterocycles. The minimum atomic E-state index is -0.837. The number of pyridine rings is 1. The Morgan fingerprint density at radius 3 is 2.62 bits per heavy atom. The van der Waals surface area contributed by atoms with E-state index in [-0.39, 0.29) is 17.9 Å². The average molecular weight is 556 g/mol. The Bertz CT molecular complexity index is 1840. The van der Waals surface area contributed by atoms with Gasteiger partial charge in [0.25, 0.3) is 5.91 Å². The molecule has 8 nitrogen and oxygen atoms in total. The SMILES string of the molecule is [B][C@]1(N)C2CCC1N(C(=O)c1cc(OC)c3c(c1)nc(-c1cc4ccccc4n1CC1CC1)n3Cc1ccccn1)C2. The van der Waals surface area contributed by atoms with Crippen molar-refractivity contribution in [2.75, 3.05) is 13.7 Å². The lowest BCUT2D eigenvalue weighted by molar-refractivity contribution is 0.0697. The fourth-order valence-corrected chi connectivity index (χ4v) is 7.22. The van der Waals surface area contributed by atoms with Crippen molar-refractivity contribution in [3.63, 3.8) is 0 Å². The monoisotopic (exact) mass is 556 g/mol. The van der Waals surface area contributed by atoms with Gasteiger partial charge >= 0.3 is 0 Å². The lowest BCUT2D eigenvalue weighted by Crippen LogP contribution is -2.52. The molecule has 2 aliphatic carbocycles. The molecule has 1 amide bonds. The zero-order valence-electron chi connectivity index (χ0n) is 23.7. The van der Waals surface area contributed by atoms with Crippen LogP contribution in [0.25, 0.3) is 33.5 Å². The zero-order chi connectivity index (χ0) is 28.6. The van der Waals surface area contributed by atoms with Crippen LogP contribution in [0.1, 0.15) is 41.7 Å². The number of likely N-dealkylation sites (tertiary alicyclic amines) is 1. The molecule has 42 heavy (non-hydrogen) atoms. The third kappa shape index (κ3) is 3.97. The van der Waals surface area contributed by atoms with Gasteiger partial charge in [0.2, 0.25) is 0 Å². The fourth-order valence-electron chi connectivity index (χ4n) is 7.22. The number of nitrogens with zero attached hydrogens (tertiary/aromatic N) is 5. The number of rotatable bonds is 7. The normalized spacial score (nSPS) is 23.3. The first-order chi connectivity index (χ1) is 20.4. The number of para-hydroxylation sites is 1. The summed E-state index contributed by atoms with van der Waals surface area (Å²) in [5.41, 5.74) is 10.9. The Labute approximate surface area is 245 Å². The number of benzene rings is 2. The van der Waals surface area contributed by atoms with Crippen molar-refractivity contribution in [3.05, 3.63) is 78.1 Å². The first kappa shape index (κ1) is 25.6. The number of fused-ring (bicyclic) bond motifs is 4. The Hall–Kier alpha value is -4.11. The number of hydrogen-bond donors (Lipinski definition) is 1. The summed E-state index contributed by atoms with van der Waals surface area (Å²) in [6, 6.07) is 20.3. The number of hydrogen-bond acceptors (Lipinski definition) is 5. The highest BCUT2D eigenvalue weighted by molar-refractivity contribution is 6.17. The Kier molecular flexibility index (Phi) is 5.76. The van der Waals surface area contributed by atoms with E-state index >= 15 is 0 Å². The van der Waals surface area contributed by atoms with Gasteiger partial charge in [0, 0.05) is 47.2 Å². The van der Waals surface area contributed by atoms with E-state index in [1.54, 1.807) is 7.11 Å². The van der Waals surface area contributed by atoms with Crippen molar-refractivity contribution in [3.8, 4) is 17.3 Å². The highest BCUT2D eigenvalue weighted by atomic mass is 16.5. The number of amides is 1. The maximum absolute atomic E-state index is 13.9. The topological polar surface area (TPSA) is 91.2 Å². The molecule has 3 atom stereocenters. The molecule has 3 aliphatic rings. The van der Waals surface area contributed by atoms with E-state index in [1.807, 2.05) is 41.4 Å². The van der Waals surface area contributed by atoms with Gasteiger partial charge in [-0.1, -0.05) is 24.3 Å². The van der Waals surface area contributed by atoms with Gasteiger partial charge in [0.1, 0.15) is 11.3 Å². The molecule has 2 N–H and O–H groups in total. The van der Waals surface area contributed by atoms with Crippen molar-refractivity contribution >= 4 is 35.7 Å². The highest BCUT2D eigenvalue weighted by Gasteiger charge is 2.54. The van der Waals surface area contributed by atoms with Crippen molar-refractivity contribution in [1.82, 2.24) is 24.0 Å². The largest absolute Gasteiger partial charge is 0.494 e. The maximum atomic E-state index is 13.9.